The smallest absolute Gasteiger partial charge is 0.261 e. The Balaban J connectivity index is 1.36. The number of hydrogen-bond donors (Lipinski definition) is 2. The second-order valence-corrected chi connectivity index (χ2v) is 13.6. The number of anilines is 1. The third-order valence-electron chi connectivity index (χ3n) is 8.29. The zero-order valence-electron chi connectivity index (χ0n) is 26.6. The minimum Gasteiger partial charge on any atom is -0.497 e. The zero-order valence-corrected chi connectivity index (χ0v) is 27.4. The highest BCUT2D eigenvalue weighted by Gasteiger charge is 2.34. The first kappa shape index (κ1) is 33.0. The monoisotopic (exact) mass is 643 g/mol. The summed E-state index contributed by atoms with van der Waals surface area (Å²) in [6.45, 7) is 5.29. The van der Waals surface area contributed by atoms with Crippen LogP contribution in [0.1, 0.15) is 29.8 Å². The number of benzene rings is 4. The van der Waals surface area contributed by atoms with Crippen LogP contribution in [0.2, 0.25) is 0 Å². The van der Waals surface area contributed by atoms with E-state index < -0.39 is 16.1 Å². The minimum absolute atomic E-state index is 0.0535. The Kier molecular flexibility index (Phi) is 10.3. The van der Waals surface area contributed by atoms with Crippen molar-refractivity contribution in [1.29, 1.82) is 0 Å². The van der Waals surface area contributed by atoms with Crippen molar-refractivity contribution in [2.75, 3.05) is 38.6 Å². The van der Waals surface area contributed by atoms with Crippen molar-refractivity contribution in [3.63, 3.8) is 0 Å². The van der Waals surface area contributed by atoms with Crippen LogP contribution in [-0.2, 0) is 16.6 Å². The third-order valence-corrected chi connectivity index (χ3v) is 9.69. The van der Waals surface area contributed by atoms with Crippen molar-refractivity contribution in [2.45, 2.75) is 37.4 Å². The normalized spacial score (nSPS) is 17.4. The van der Waals surface area contributed by atoms with Gasteiger partial charge in [-0.2, -0.15) is 0 Å². The molecule has 0 aliphatic carbocycles. The number of carbonyl (C=O) groups is 1. The van der Waals surface area contributed by atoms with Gasteiger partial charge in [0.25, 0.3) is 15.9 Å². The van der Waals surface area contributed by atoms with E-state index in [1.807, 2.05) is 32.2 Å². The Morgan fingerprint density at radius 3 is 2.33 bits per heavy atom. The Morgan fingerprint density at radius 2 is 1.67 bits per heavy atom. The van der Waals surface area contributed by atoms with Gasteiger partial charge in [0.05, 0.1) is 30.2 Å². The lowest BCUT2D eigenvalue weighted by Gasteiger charge is -2.38. The zero-order chi connectivity index (χ0) is 32.8. The fourth-order valence-corrected chi connectivity index (χ4v) is 6.64. The summed E-state index contributed by atoms with van der Waals surface area (Å²) < 4.78 is 40.5. The highest BCUT2D eigenvalue weighted by Crippen LogP contribution is 2.32. The van der Waals surface area contributed by atoms with E-state index >= 15 is 0 Å². The fraction of sp³-hybridized carbons (Fsp3) is 0.306. The summed E-state index contributed by atoms with van der Waals surface area (Å²) in [7, 11) is -0.388. The van der Waals surface area contributed by atoms with Gasteiger partial charge in [0.1, 0.15) is 17.6 Å². The Labute approximate surface area is 271 Å². The number of nitrogens with zero attached hydrogens (tertiary/aromatic N) is 2. The molecule has 0 aromatic heterocycles. The quantitative estimate of drug-likeness (QED) is 0.222. The summed E-state index contributed by atoms with van der Waals surface area (Å²) in [5.41, 5.74) is 3.95. The number of sulfonamides is 1. The summed E-state index contributed by atoms with van der Waals surface area (Å²) >= 11 is 0. The van der Waals surface area contributed by atoms with E-state index in [2.05, 4.69) is 46.0 Å². The molecule has 1 amide bonds. The Hall–Kier alpha value is -4.38. The molecule has 1 heterocycles. The molecule has 0 saturated carbocycles. The van der Waals surface area contributed by atoms with Gasteiger partial charge >= 0.3 is 0 Å². The molecule has 0 radical (unpaired) electrons. The highest BCUT2D eigenvalue weighted by atomic mass is 32.2. The first-order chi connectivity index (χ1) is 22.1. The average Bonchev–Trinajstić information content (AvgIpc) is 3.07. The lowest BCUT2D eigenvalue weighted by Crippen LogP contribution is -2.49. The van der Waals surface area contributed by atoms with Crippen molar-refractivity contribution in [1.82, 2.24) is 9.80 Å². The number of hydrogen-bond acceptors (Lipinski definition) is 7. The van der Waals surface area contributed by atoms with Crippen LogP contribution in [0.5, 0.6) is 11.5 Å². The van der Waals surface area contributed by atoms with Crippen LogP contribution in [0.25, 0.3) is 11.1 Å². The number of rotatable bonds is 11. The van der Waals surface area contributed by atoms with Gasteiger partial charge in [-0.15, -0.1) is 0 Å². The lowest BCUT2D eigenvalue weighted by molar-refractivity contribution is 0.0341. The van der Waals surface area contributed by atoms with Crippen molar-refractivity contribution in [3.8, 4) is 22.6 Å². The SMILES string of the molecule is COc1ccc(S(=O)(=O)Nc2ccc3c(c2)C(=O)N([C@@H](C)CO)C[C@@H](C)[C@@H](CN(C)Cc2ccc(-c4ccccc4)cc2)O3)cc1. The van der Waals surface area contributed by atoms with Crippen molar-refractivity contribution >= 4 is 21.6 Å². The van der Waals surface area contributed by atoms with Crippen LogP contribution < -0.4 is 14.2 Å². The minimum atomic E-state index is -3.93. The van der Waals surface area contributed by atoms with Crippen LogP contribution in [0, 0.1) is 5.92 Å². The predicted octanol–water partition coefficient (Wildman–Crippen LogP) is 5.52. The van der Waals surface area contributed by atoms with Gasteiger partial charge in [0.15, 0.2) is 0 Å². The Morgan fingerprint density at radius 1 is 1.00 bits per heavy atom. The van der Waals surface area contributed by atoms with Gasteiger partial charge in [-0.25, -0.2) is 8.42 Å². The maximum atomic E-state index is 13.8. The molecule has 0 spiro atoms. The molecule has 0 bridgehead atoms. The van der Waals surface area contributed by atoms with E-state index in [1.165, 1.54) is 36.4 Å². The third kappa shape index (κ3) is 7.70. The van der Waals surface area contributed by atoms with Crippen LogP contribution in [-0.4, -0.2) is 75.2 Å². The summed E-state index contributed by atoms with van der Waals surface area (Å²) in [4.78, 5) is 17.7. The molecule has 0 saturated heterocycles. The van der Waals surface area contributed by atoms with Gasteiger partial charge in [-0.1, -0.05) is 61.5 Å². The van der Waals surface area contributed by atoms with Crippen molar-refractivity contribution in [2.24, 2.45) is 5.92 Å². The molecular weight excluding hydrogens is 602 g/mol. The van der Waals surface area contributed by atoms with E-state index in [9.17, 15) is 18.3 Å². The second kappa shape index (κ2) is 14.4. The Bertz CT molecular complexity index is 1730. The lowest BCUT2D eigenvalue weighted by atomic mass is 9.99. The number of likely N-dealkylation sites (N-methyl/N-ethyl adjacent to an activating group) is 1. The number of aliphatic hydroxyl groups is 1. The summed E-state index contributed by atoms with van der Waals surface area (Å²) in [6, 6.07) is 29.1. The number of carbonyl (C=O) groups excluding carboxylic acids is 1. The maximum Gasteiger partial charge on any atom is 0.261 e. The van der Waals surface area contributed by atoms with E-state index in [4.69, 9.17) is 9.47 Å². The standard InChI is InChI=1S/C36H41N3O6S/c1-25-21-39(26(2)24-40)36(41)33-20-30(37-46(42,43)32-17-15-31(44-4)16-18-32)14-19-34(33)45-35(25)23-38(3)22-27-10-12-29(13-11-27)28-8-6-5-7-9-28/h5-20,25-26,35,37,40H,21-24H2,1-4H3/t25-,26+,35-/m1/s1. The average molecular weight is 644 g/mol. The highest BCUT2D eigenvalue weighted by molar-refractivity contribution is 7.92. The van der Waals surface area contributed by atoms with Crippen LogP contribution in [0.3, 0.4) is 0 Å². The molecule has 46 heavy (non-hydrogen) atoms. The molecule has 10 heteroatoms. The van der Waals surface area contributed by atoms with Crippen molar-refractivity contribution < 1.29 is 27.8 Å². The molecule has 1 aliphatic heterocycles. The maximum absolute atomic E-state index is 13.8. The van der Waals surface area contributed by atoms with Crippen molar-refractivity contribution in [3.05, 3.63) is 108 Å². The van der Waals surface area contributed by atoms with Crippen LogP contribution in [0.4, 0.5) is 5.69 Å². The van der Waals surface area contributed by atoms with Gasteiger partial charge in [0.2, 0.25) is 0 Å². The first-order valence-electron chi connectivity index (χ1n) is 15.3. The molecule has 0 fully saturated rings. The van der Waals surface area contributed by atoms with Gasteiger partial charge in [-0.05, 0) is 73.1 Å². The molecule has 3 atom stereocenters. The van der Waals surface area contributed by atoms with Crippen LogP contribution in [0.15, 0.2) is 102 Å². The molecule has 0 unspecified atom stereocenters. The van der Waals surface area contributed by atoms with E-state index in [1.54, 1.807) is 36.1 Å². The topological polar surface area (TPSA) is 108 Å². The largest absolute Gasteiger partial charge is 0.497 e. The number of fused-ring (bicyclic) bond motifs is 1. The molecule has 4 aromatic carbocycles. The van der Waals surface area contributed by atoms with E-state index in [0.717, 1.165) is 5.56 Å². The number of methoxy groups -OCH3 is 1. The molecule has 5 rings (SSSR count). The number of nitrogens with one attached hydrogen (secondary N) is 1. The predicted molar refractivity (Wildman–Crippen MR) is 180 cm³/mol. The molecule has 1 aliphatic rings. The molecular formula is C36H41N3O6S. The fourth-order valence-electron chi connectivity index (χ4n) is 5.59. The summed E-state index contributed by atoms with van der Waals surface area (Å²) in [5.74, 6) is 0.516. The van der Waals surface area contributed by atoms with E-state index in [-0.39, 0.29) is 40.7 Å². The number of amides is 1. The first-order valence-corrected chi connectivity index (χ1v) is 16.8. The number of ether oxygens (including phenoxy) is 2. The molecule has 2 N–H and O–H groups in total. The van der Waals surface area contributed by atoms with E-state index in [0.29, 0.717) is 31.1 Å². The molecule has 9 nitrogen and oxygen atoms in total. The van der Waals surface area contributed by atoms with Gasteiger partial charge < -0.3 is 19.5 Å². The van der Waals surface area contributed by atoms with Crippen LogP contribution >= 0.6 is 0 Å². The molecule has 242 valence electrons. The second-order valence-electron chi connectivity index (χ2n) is 11.9. The van der Waals surface area contributed by atoms with Gasteiger partial charge in [0, 0.05) is 31.2 Å². The van der Waals surface area contributed by atoms with Gasteiger partial charge in [-0.3, -0.25) is 14.4 Å². The number of aliphatic hydroxyl groups excluding tert-OH is 1. The summed E-state index contributed by atoms with van der Waals surface area (Å²) in [5, 5.41) is 10.0. The summed E-state index contributed by atoms with van der Waals surface area (Å²) in [6.07, 6.45) is -0.282. The molecule has 4 aromatic rings.